The Bertz CT molecular complexity index is 540. The zero-order chi connectivity index (χ0) is 15.7. The number of carbonyl (C=O) groups is 1. The van der Waals surface area contributed by atoms with E-state index in [9.17, 15) is 4.79 Å². The number of aryl methyl sites for hydroxylation is 1. The first-order valence-electron chi connectivity index (χ1n) is 7.91. The van der Waals surface area contributed by atoms with Crippen molar-refractivity contribution in [2.24, 2.45) is 5.92 Å². The van der Waals surface area contributed by atoms with E-state index in [-0.39, 0.29) is 11.4 Å². The summed E-state index contributed by atoms with van der Waals surface area (Å²) in [6, 6.07) is 0. The summed E-state index contributed by atoms with van der Waals surface area (Å²) >= 11 is 0. The molecule has 3 heterocycles. The van der Waals surface area contributed by atoms with Crippen molar-refractivity contribution < 1.29 is 9.53 Å². The Hall–Kier alpha value is -1.53. The second-order valence-corrected chi connectivity index (χ2v) is 6.54. The maximum Gasteiger partial charge on any atom is 0.274 e. The van der Waals surface area contributed by atoms with Crippen molar-refractivity contribution in [3.05, 3.63) is 23.8 Å². The summed E-state index contributed by atoms with van der Waals surface area (Å²) in [6.45, 7) is 8.09. The summed E-state index contributed by atoms with van der Waals surface area (Å²) in [5, 5.41) is 0. The lowest BCUT2D eigenvalue weighted by Gasteiger charge is -2.51. The Morgan fingerprint density at radius 1 is 1.41 bits per heavy atom. The van der Waals surface area contributed by atoms with Crippen molar-refractivity contribution in [3.8, 4) is 0 Å². The van der Waals surface area contributed by atoms with Crippen LogP contribution in [-0.2, 0) is 4.74 Å². The lowest BCUT2D eigenvalue weighted by molar-refractivity contribution is -0.00833. The smallest absolute Gasteiger partial charge is 0.274 e. The summed E-state index contributed by atoms with van der Waals surface area (Å²) < 4.78 is 5.56. The summed E-state index contributed by atoms with van der Waals surface area (Å²) in [6.07, 6.45) is 4.31. The number of ether oxygens (including phenoxy) is 1. The largest absolute Gasteiger partial charge is 0.381 e. The average molecular weight is 304 g/mol. The fourth-order valence-electron chi connectivity index (χ4n) is 3.58. The molecule has 2 aliphatic rings. The molecule has 0 bridgehead atoms. The lowest BCUT2D eigenvalue weighted by atomic mass is 9.84. The molecule has 0 N–H and O–H groups in total. The van der Waals surface area contributed by atoms with Crippen LogP contribution in [0.5, 0.6) is 0 Å². The third-order valence-corrected chi connectivity index (χ3v) is 4.83. The molecule has 1 aromatic heterocycles. The van der Waals surface area contributed by atoms with E-state index in [0.29, 0.717) is 11.6 Å². The van der Waals surface area contributed by atoms with Crippen LogP contribution >= 0.6 is 0 Å². The molecule has 1 amide bonds. The van der Waals surface area contributed by atoms with E-state index in [0.717, 1.165) is 45.0 Å². The third kappa shape index (κ3) is 2.73. The molecule has 22 heavy (non-hydrogen) atoms. The zero-order valence-corrected chi connectivity index (χ0v) is 13.6. The van der Waals surface area contributed by atoms with Gasteiger partial charge in [0.25, 0.3) is 5.91 Å². The van der Waals surface area contributed by atoms with E-state index < -0.39 is 0 Å². The van der Waals surface area contributed by atoms with Gasteiger partial charge < -0.3 is 9.64 Å². The number of likely N-dealkylation sites (N-methyl/N-ethyl adjacent to an activating group) is 1. The van der Waals surface area contributed by atoms with Crippen molar-refractivity contribution in [3.63, 3.8) is 0 Å². The quantitative estimate of drug-likeness (QED) is 0.829. The molecule has 1 atom stereocenters. The molecule has 2 saturated heterocycles. The Labute approximate surface area is 131 Å². The molecule has 6 nitrogen and oxygen atoms in total. The Morgan fingerprint density at radius 3 is 2.82 bits per heavy atom. The van der Waals surface area contributed by atoms with E-state index in [2.05, 4.69) is 21.9 Å². The number of hydrogen-bond acceptors (Lipinski definition) is 5. The lowest BCUT2D eigenvalue weighted by Crippen LogP contribution is -2.68. The Balaban J connectivity index is 1.59. The summed E-state index contributed by atoms with van der Waals surface area (Å²) in [5.41, 5.74) is 1.40. The van der Waals surface area contributed by atoms with Gasteiger partial charge in [-0.15, -0.1) is 0 Å². The van der Waals surface area contributed by atoms with Crippen LogP contribution < -0.4 is 0 Å². The van der Waals surface area contributed by atoms with Gasteiger partial charge >= 0.3 is 0 Å². The summed E-state index contributed by atoms with van der Waals surface area (Å²) in [5.74, 6) is 0.557. The minimum absolute atomic E-state index is 0.0141. The number of hydrogen-bond donors (Lipinski definition) is 0. The van der Waals surface area contributed by atoms with E-state index >= 15 is 0 Å². The molecule has 120 valence electrons. The fraction of sp³-hybridized carbons (Fsp3) is 0.688. The number of rotatable bonds is 4. The highest BCUT2D eigenvalue weighted by atomic mass is 16.5. The van der Waals surface area contributed by atoms with Crippen molar-refractivity contribution in [2.45, 2.75) is 25.8 Å². The molecule has 3 rings (SSSR count). The summed E-state index contributed by atoms with van der Waals surface area (Å²) in [7, 11) is 2.15. The first-order chi connectivity index (χ1) is 10.5. The number of likely N-dealkylation sites (tertiary alicyclic amines) is 2. The minimum atomic E-state index is -0.0141. The maximum atomic E-state index is 12.4. The number of amides is 1. The van der Waals surface area contributed by atoms with Crippen LogP contribution in [0, 0.1) is 12.8 Å². The minimum Gasteiger partial charge on any atom is -0.381 e. The first-order valence-corrected chi connectivity index (χ1v) is 7.91. The zero-order valence-electron chi connectivity index (χ0n) is 13.6. The number of carbonyl (C=O) groups excluding carboxylic acids is 1. The highest BCUT2D eigenvalue weighted by Gasteiger charge is 2.53. The summed E-state index contributed by atoms with van der Waals surface area (Å²) in [4.78, 5) is 25.0. The molecular formula is C16H24N4O2. The van der Waals surface area contributed by atoms with Gasteiger partial charge in [0, 0.05) is 32.4 Å². The molecule has 6 heteroatoms. The molecule has 1 spiro atoms. The van der Waals surface area contributed by atoms with Crippen LogP contribution in [0.4, 0.5) is 0 Å². The van der Waals surface area contributed by atoms with Crippen molar-refractivity contribution >= 4 is 5.91 Å². The molecule has 0 radical (unpaired) electrons. The van der Waals surface area contributed by atoms with Gasteiger partial charge in [-0.1, -0.05) is 0 Å². The maximum absolute atomic E-state index is 12.4. The standard InChI is InChI=1S/C16H24N4O2/c1-4-22-9-13-5-16(19(3)8-13)10-20(11-16)15(21)14-7-17-12(2)6-18-14/h6-7,13H,4-5,8-11H2,1-3H3/t13-/m1/s1. The van der Waals surface area contributed by atoms with E-state index in [1.54, 1.807) is 12.4 Å². The van der Waals surface area contributed by atoms with Gasteiger partial charge in [0.15, 0.2) is 0 Å². The predicted molar refractivity (Wildman–Crippen MR) is 82.6 cm³/mol. The third-order valence-electron chi connectivity index (χ3n) is 4.83. The molecule has 2 aliphatic heterocycles. The Morgan fingerprint density at radius 2 is 2.18 bits per heavy atom. The second-order valence-electron chi connectivity index (χ2n) is 6.54. The van der Waals surface area contributed by atoms with Crippen molar-refractivity contribution in [1.29, 1.82) is 0 Å². The van der Waals surface area contributed by atoms with Gasteiger partial charge in [-0.3, -0.25) is 14.7 Å². The van der Waals surface area contributed by atoms with Gasteiger partial charge in [-0.25, -0.2) is 4.98 Å². The van der Waals surface area contributed by atoms with E-state index in [1.807, 2.05) is 18.7 Å². The van der Waals surface area contributed by atoms with Crippen LogP contribution in [0.1, 0.15) is 29.5 Å². The topological polar surface area (TPSA) is 58.6 Å². The van der Waals surface area contributed by atoms with Crippen LogP contribution in [0.2, 0.25) is 0 Å². The van der Waals surface area contributed by atoms with Gasteiger partial charge in [-0.2, -0.15) is 0 Å². The van der Waals surface area contributed by atoms with E-state index in [4.69, 9.17) is 4.74 Å². The van der Waals surface area contributed by atoms with Crippen molar-refractivity contribution in [2.75, 3.05) is 39.9 Å². The van der Waals surface area contributed by atoms with E-state index in [1.165, 1.54) is 0 Å². The highest BCUT2D eigenvalue weighted by molar-refractivity contribution is 5.92. The van der Waals surface area contributed by atoms with Crippen LogP contribution in [0.25, 0.3) is 0 Å². The van der Waals surface area contributed by atoms with Gasteiger partial charge in [0.1, 0.15) is 5.69 Å². The van der Waals surface area contributed by atoms with Crippen LogP contribution in [0.3, 0.4) is 0 Å². The SMILES string of the molecule is CCOC[C@H]1CN(C)C2(C1)CN(C(=O)c1cnc(C)cn1)C2. The molecule has 0 aliphatic carbocycles. The van der Waals surface area contributed by atoms with Crippen molar-refractivity contribution in [1.82, 2.24) is 19.8 Å². The normalized spacial score (nSPS) is 23.8. The molecule has 0 aromatic carbocycles. The average Bonchev–Trinajstić information content (AvgIpc) is 2.80. The monoisotopic (exact) mass is 304 g/mol. The first kappa shape index (κ1) is 15.4. The highest BCUT2D eigenvalue weighted by Crippen LogP contribution is 2.39. The predicted octanol–water partition coefficient (Wildman–Crippen LogP) is 0.968. The van der Waals surface area contributed by atoms with Gasteiger partial charge in [0.2, 0.25) is 0 Å². The number of aromatic nitrogens is 2. The molecule has 1 aromatic rings. The number of nitrogens with zero attached hydrogens (tertiary/aromatic N) is 4. The molecule has 0 saturated carbocycles. The van der Waals surface area contributed by atoms with Crippen LogP contribution in [-0.4, -0.2) is 71.1 Å². The second kappa shape index (κ2) is 5.93. The molecular weight excluding hydrogens is 280 g/mol. The molecule has 0 unspecified atom stereocenters. The Kier molecular flexibility index (Phi) is 4.14. The van der Waals surface area contributed by atoms with Gasteiger partial charge in [-0.05, 0) is 33.2 Å². The van der Waals surface area contributed by atoms with Gasteiger partial charge in [0.05, 0.1) is 24.0 Å². The molecule has 2 fully saturated rings. The van der Waals surface area contributed by atoms with Crippen LogP contribution in [0.15, 0.2) is 12.4 Å². The fourth-order valence-corrected chi connectivity index (χ4v) is 3.58.